The fraction of sp³-hybridized carbons (Fsp3) is 0.636. The van der Waals surface area contributed by atoms with Crippen LogP contribution < -0.4 is 0 Å². The number of hydrogen-bond acceptors (Lipinski definition) is 4. The minimum atomic E-state index is -1.11. The lowest BCUT2D eigenvalue weighted by Gasteiger charge is -2.22. The average Bonchev–Trinajstić information content (AvgIpc) is 2.72. The maximum absolute atomic E-state index is 11.6. The van der Waals surface area contributed by atoms with Gasteiger partial charge in [0.05, 0.1) is 14.2 Å². The maximum Gasteiger partial charge on any atom is 0.323 e. The van der Waals surface area contributed by atoms with Crippen LogP contribution in [0.4, 0.5) is 0 Å². The third-order valence-electron chi connectivity index (χ3n) is 3.04. The lowest BCUT2D eigenvalue weighted by Crippen LogP contribution is -2.39. The number of carbonyl (C=O) groups is 2. The molecular weight excluding hydrogens is 196 g/mol. The van der Waals surface area contributed by atoms with Gasteiger partial charge in [0.2, 0.25) is 0 Å². The van der Waals surface area contributed by atoms with E-state index >= 15 is 0 Å². The minimum Gasteiger partial charge on any atom is -0.468 e. The highest BCUT2D eigenvalue weighted by Gasteiger charge is 2.52. The topological polar surface area (TPSA) is 52.6 Å². The van der Waals surface area contributed by atoms with Crippen LogP contribution in [0, 0.1) is 11.3 Å². The number of rotatable bonds is 3. The second kappa shape index (κ2) is 4.47. The van der Waals surface area contributed by atoms with Crippen LogP contribution in [-0.2, 0) is 19.1 Å². The van der Waals surface area contributed by atoms with E-state index in [1.54, 1.807) is 6.08 Å². The molecule has 1 rings (SSSR count). The van der Waals surface area contributed by atoms with Gasteiger partial charge >= 0.3 is 11.9 Å². The maximum atomic E-state index is 11.6. The summed E-state index contributed by atoms with van der Waals surface area (Å²) in [4.78, 5) is 23.3. The molecule has 1 fully saturated rings. The van der Waals surface area contributed by atoms with Gasteiger partial charge in [-0.3, -0.25) is 9.59 Å². The molecule has 4 nitrogen and oxygen atoms in total. The van der Waals surface area contributed by atoms with Crippen molar-refractivity contribution >= 4 is 11.9 Å². The number of methoxy groups -OCH3 is 2. The van der Waals surface area contributed by atoms with Crippen molar-refractivity contribution in [1.82, 2.24) is 0 Å². The average molecular weight is 212 g/mol. The van der Waals surface area contributed by atoms with Gasteiger partial charge in [0, 0.05) is 0 Å². The molecule has 15 heavy (non-hydrogen) atoms. The van der Waals surface area contributed by atoms with Crippen LogP contribution in [-0.4, -0.2) is 26.2 Å². The third kappa shape index (κ3) is 1.89. The predicted molar refractivity (Wildman–Crippen MR) is 54.0 cm³/mol. The van der Waals surface area contributed by atoms with Crippen molar-refractivity contribution in [2.24, 2.45) is 11.3 Å². The summed E-state index contributed by atoms with van der Waals surface area (Å²) in [5.41, 5.74) is -1.11. The molecular formula is C11H16O4. The molecule has 0 heterocycles. The molecule has 0 saturated heterocycles. The van der Waals surface area contributed by atoms with Gasteiger partial charge in [0.25, 0.3) is 0 Å². The van der Waals surface area contributed by atoms with Crippen LogP contribution in [0.15, 0.2) is 12.7 Å². The van der Waals surface area contributed by atoms with E-state index in [9.17, 15) is 9.59 Å². The molecule has 1 unspecified atom stereocenters. The van der Waals surface area contributed by atoms with Gasteiger partial charge in [-0.05, 0) is 25.2 Å². The molecule has 4 heteroatoms. The number of carbonyl (C=O) groups excluding carboxylic acids is 2. The highest BCUT2D eigenvalue weighted by Crippen LogP contribution is 2.44. The molecule has 0 aromatic rings. The lowest BCUT2D eigenvalue weighted by atomic mass is 9.85. The van der Waals surface area contributed by atoms with Crippen molar-refractivity contribution in [3.8, 4) is 0 Å². The molecule has 0 aromatic carbocycles. The Morgan fingerprint density at radius 2 is 1.87 bits per heavy atom. The molecule has 0 aromatic heterocycles. The van der Waals surface area contributed by atoms with Crippen LogP contribution >= 0.6 is 0 Å². The predicted octanol–water partition coefficient (Wildman–Crippen LogP) is 1.30. The van der Waals surface area contributed by atoms with Crippen molar-refractivity contribution in [3.05, 3.63) is 12.7 Å². The number of ether oxygens (including phenoxy) is 2. The molecule has 0 N–H and O–H groups in total. The van der Waals surface area contributed by atoms with Gasteiger partial charge in [-0.15, -0.1) is 6.58 Å². The van der Waals surface area contributed by atoms with Crippen LogP contribution in [0.2, 0.25) is 0 Å². The zero-order valence-electron chi connectivity index (χ0n) is 9.12. The van der Waals surface area contributed by atoms with Crippen molar-refractivity contribution in [2.45, 2.75) is 19.3 Å². The van der Waals surface area contributed by atoms with E-state index < -0.39 is 17.4 Å². The van der Waals surface area contributed by atoms with Gasteiger partial charge in [-0.2, -0.15) is 0 Å². The second-order valence-corrected chi connectivity index (χ2v) is 3.80. The fourth-order valence-electron chi connectivity index (χ4n) is 2.13. The summed E-state index contributed by atoms with van der Waals surface area (Å²) in [6.45, 7) is 3.67. The Morgan fingerprint density at radius 1 is 1.33 bits per heavy atom. The summed E-state index contributed by atoms with van der Waals surface area (Å²) < 4.78 is 9.36. The smallest absolute Gasteiger partial charge is 0.323 e. The Labute approximate surface area is 89.2 Å². The Balaban J connectivity index is 2.94. The summed E-state index contributed by atoms with van der Waals surface area (Å²) >= 11 is 0. The van der Waals surface area contributed by atoms with Crippen molar-refractivity contribution < 1.29 is 19.1 Å². The van der Waals surface area contributed by atoms with E-state index in [-0.39, 0.29) is 5.92 Å². The van der Waals surface area contributed by atoms with Gasteiger partial charge in [0.15, 0.2) is 5.41 Å². The van der Waals surface area contributed by atoms with Crippen molar-refractivity contribution in [3.63, 3.8) is 0 Å². The summed E-state index contributed by atoms with van der Waals surface area (Å²) in [6.07, 6.45) is 3.46. The number of allylic oxidation sites excluding steroid dienone is 1. The third-order valence-corrected chi connectivity index (χ3v) is 3.04. The summed E-state index contributed by atoms with van der Waals surface area (Å²) in [5.74, 6) is -0.819. The van der Waals surface area contributed by atoms with Crippen LogP contribution in [0.1, 0.15) is 19.3 Å². The molecule has 0 radical (unpaired) electrons. The molecule has 0 bridgehead atoms. The molecule has 1 atom stereocenters. The lowest BCUT2D eigenvalue weighted by molar-refractivity contribution is -0.168. The van der Waals surface area contributed by atoms with E-state index in [0.717, 1.165) is 6.42 Å². The highest BCUT2D eigenvalue weighted by atomic mass is 16.5. The van der Waals surface area contributed by atoms with Crippen LogP contribution in [0.25, 0.3) is 0 Å². The first-order chi connectivity index (χ1) is 7.10. The number of esters is 2. The summed E-state index contributed by atoms with van der Waals surface area (Å²) in [5, 5.41) is 0. The normalized spacial score (nSPS) is 23.2. The summed E-state index contributed by atoms with van der Waals surface area (Å²) in [7, 11) is 2.57. The molecule has 1 saturated carbocycles. The van der Waals surface area contributed by atoms with Gasteiger partial charge in [0.1, 0.15) is 0 Å². The fourth-order valence-corrected chi connectivity index (χ4v) is 2.13. The van der Waals surface area contributed by atoms with E-state index in [0.29, 0.717) is 12.8 Å². The Hall–Kier alpha value is -1.32. The molecule has 1 aliphatic carbocycles. The first-order valence-corrected chi connectivity index (χ1v) is 4.90. The van der Waals surface area contributed by atoms with Gasteiger partial charge in [-0.1, -0.05) is 6.08 Å². The van der Waals surface area contributed by atoms with E-state index in [1.807, 2.05) is 0 Å². The van der Waals surface area contributed by atoms with E-state index in [4.69, 9.17) is 0 Å². The Bertz CT molecular complexity index is 266. The van der Waals surface area contributed by atoms with E-state index in [2.05, 4.69) is 16.1 Å². The SMILES string of the molecule is C=CC1CCC(C(=O)OC)(C(=O)OC)C1. The van der Waals surface area contributed by atoms with Gasteiger partial charge in [-0.25, -0.2) is 0 Å². The molecule has 1 aliphatic rings. The second-order valence-electron chi connectivity index (χ2n) is 3.80. The van der Waals surface area contributed by atoms with E-state index in [1.165, 1.54) is 14.2 Å². The zero-order chi connectivity index (χ0) is 11.5. The Morgan fingerprint density at radius 3 is 2.20 bits per heavy atom. The zero-order valence-corrected chi connectivity index (χ0v) is 9.12. The quantitative estimate of drug-likeness (QED) is 0.402. The first-order valence-electron chi connectivity index (χ1n) is 4.90. The molecule has 84 valence electrons. The van der Waals surface area contributed by atoms with Crippen LogP contribution in [0.5, 0.6) is 0 Å². The standard InChI is InChI=1S/C11H16O4/c1-4-8-5-6-11(7-8,9(12)14-2)10(13)15-3/h4,8H,1,5-7H2,2-3H3. The first kappa shape index (κ1) is 11.8. The number of hydrogen-bond donors (Lipinski definition) is 0. The molecule has 0 aliphatic heterocycles. The Kier molecular flexibility index (Phi) is 3.50. The largest absolute Gasteiger partial charge is 0.468 e. The van der Waals surface area contributed by atoms with Gasteiger partial charge < -0.3 is 9.47 Å². The summed E-state index contributed by atoms with van der Waals surface area (Å²) in [6, 6.07) is 0. The van der Waals surface area contributed by atoms with Crippen molar-refractivity contribution in [2.75, 3.05) is 14.2 Å². The molecule has 0 amide bonds. The monoisotopic (exact) mass is 212 g/mol. The molecule has 0 spiro atoms. The van der Waals surface area contributed by atoms with Crippen molar-refractivity contribution in [1.29, 1.82) is 0 Å². The van der Waals surface area contributed by atoms with Crippen LogP contribution in [0.3, 0.4) is 0 Å². The minimum absolute atomic E-state index is 0.184. The highest BCUT2D eigenvalue weighted by molar-refractivity contribution is 6.00.